The van der Waals surface area contributed by atoms with E-state index in [2.05, 4.69) is 9.88 Å². The fraction of sp³-hybridized carbons (Fsp3) is 0.304. The highest BCUT2D eigenvalue weighted by Gasteiger charge is 2.26. The number of carbonyl (C=O) groups excluding carboxylic acids is 1. The zero-order valence-electron chi connectivity index (χ0n) is 15.9. The van der Waals surface area contributed by atoms with E-state index in [0.29, 0.717) is 6.54 Å². The highest BCUT2D eigenvalue weighted by atomic mass is 32.2. The van der Waals surface area contributed by atoms with Crippen molar-refractivity contribution in [2.75, 3.05) is 19.3 Å². The van der Waals surface area contributed by atoms with Gasteiger partial charge in [-0.15, -0.1) is 11.8 Å². The van der Waals surface area contributed by atoms with Crippen LogP contribution in [-0.2, 0) is 6.54 Å². The molecule has 1 saturated heterocycles. The summed E-state index contributed by atoms with van der Waals surface area (Å²) in [5.74, 6) is 0.0210. The average molecular weight is 395 g/mol. The Morgan fingerprint density at radius 3 is 2.79 bits per heavy atom. The predicted octanol–water partition coefficient (Wildman–Crippen LogP) is 5.19. The van der Waals surface area contributed by atoms with Gasteiger partial charge in [0.15, 0.2) is 5.78 Å². The van der Waals surface area contributed by atoms with Crippen molar-refractivity contribution in [3.63, 3.8) is 0 Å². The summed E-state index contributed by atoms with van der Waals surface area (Å²) in [7, 11) is 0. The summed E-state index contributed by atoms with van der Waals surface area (Å²) in [6.45, 7) is 2.44. The second-order valence-corrected chi connectivity index (χ2v) is 8.19. The summed E-state index contributed by atoms with van der Waals surface area (Å²) in [5, 5.41) is 0.809. The van der Waals surface area contributed by atoms with Gasteiger partial charge in [-0.1, -0.05) is 18.2 Å². The summed E-state index contributed by atoms with van der Waals surface area (Å²) in [6.07, 6.45) is 3.98. The van der Waals surface area contributed by atoms with E-state index in [4.69, 9.17) is 0 Å². The molecule has 2 heterocycles. The molecule has 144 valence electrons. The number of carbonyl (C=O) groups is 1. The molecule has 1 unspecified atom stereocenters. The first-order valence-corrected chi connectivity index (χ1v) is 10.8. The first-order chi connectivity index (χ1) is 13.6. The van der Waals surface area contributed by atoms with E-state index >= 15 is 0 Å². The molecular formula is C23H23FN2OS. The number of thioether (sulfide) groups is 1. The second kappa shape index (κ2) is 8.41. The van der Waals surface area contributed by atoms with Crippen LogP contribution in [0, 0.1) is 11.7 Å². The maximum atomic E-state index is 13.3. The summed E-state index contributed by atoms with van der Waals surface area (Å²) in [4.78, 5) is 21.1. The van der Waals surface area contributed by atoms with Crippen LogP contribution < -0.4 is 0 Å². The smallest absolute Gasteiger partial charge is 0.167 e. The van der Waals surface area contributed by atoms with Gasteiger partial charge in [0.1, 0.15) is 5.82 Å². The minimum absolute atomic E-state index is 0.0310. The van der Waals surface area contributed by atoms with Gasteiger partial charge in [0.25, 0.3) is 0 Å². The number of benzene rings is 2. The summed E-state index contributed by atoms with van der Waals surface area (Å²) < 4.78 is 13.3. The quantitative estimate of drug-likeness (QED) is 0.440. The van der Waals surface area contributed by atoms with Crippen LogP contribution in [0.15, 0.2) is 59.5 Å². The van der Waals surface area contributed by atoms with E-state index in [0.717, 1.165) is 48.1 Å². The molecule has 1 aliphatic heterocycles. The lowest BCUT2D eigenvalue weighted by Crippen LogP contribution is -2.38. The van der Waals surface area contributed by atoms with Crippen LogP contribution in [0.4, 0.5) is 4.39 Å². The van der Waals surface area contributed by atoms with Crippen LogP contribution in [0.5, 0.6) is 0 Å². The highest BCUT2D eigenvalue weighted by Crippen LogP contribution is 2.24. The van der Waals surface area contributed by atoms with Crippen molar-refractivity contribution in [1.82, 2.24) is 9.88 Å². The lowest BCUT2D eigenvalue weighted by Gasteiger charge is -2.31. The molecule has 0 radical (unpaired) electrons. The van der Waals surface area contributed by atoms with Crippen LogP contribution in [0.1, 0.15) is 28.9 Å². The first kappa shape index (κ1) is 19.1. The molecule has 1 aliphatic rings. The molecule has 0 bridgehead atoms. The topological polar surface area (TPSA) is 33.2 Å². The molecule has 0 aliphatic carbocycles. The van der Waals surface area contributed by atoms with Gasteiger partial charge < -0.3 is 0 Å². The number of fused-ring (bicyclic) bond motifs is 1. The minimum Gasteiger partial charge on any atom is -0.297 e. The molecule has 5 heteroatoms. The van der Waals surface area contributed by atoms with E-state index in [1.54, 1.807) is 17.8 Å². The lowest BCUT2D eigenvalue weighted by atomic mass is 9.90. The summed E-state index contributed by atoms with van der Waals surface area (Å²) in [5.41, 5.74) is 2.56. The number of rotatable bonds is 5. The number of hydrogen-bond acceptors (Lipinski definition) is 4. The monoisotopic (exact) mass is 394 g/mol. The van der Waals surface area contributed by atoms with E-state index in [-0.39, 0.29) is 17.5 Å². The number of hydrogen-bond donors (Lipinski definition) is 0. The molecule has 0 amide bonds. The van der Waals surface area contributed by atoms with Crippen LogP contribution in [0.2, 0.25) is 0 Å². The van der Waals surface area contributed by atoms with Crippen molar-refractivity contribution in [1.29, 1.82) is 0 Å². The maximum absolute atomic E-state index is 13.3. The normalized spacial score (nSPS) is 17.7. The van der Waals surface area contributed by atoms with Crippen molar-refractivity contribution >= 4 is 28.4 Å². The molecule has 28 heavy (non-hydrogen) atoms. The third-order valence-corrected chi connectivity index (χ3v) is 6.09. The number of halogens is 1. The van der Waals surface area contributed by atoms with Gasteiger partial charge in [-0.05, 0) is 62.0 Å². The van der Waals surface area contributed by atoms with E-state index in [9.17, 15) is 9.18 Å². The Morgan fingerprint density at radius 1 is 1.18 bits per heavy atom. The summed E-state index contributed by atoms with van der Waals surface area (Å²) >= 11 is 1.68. The van der Waals surface area contributed by atoms with Gasteiger partial charge in [-0.25, -0.2) is 4.39 Å². The standard InChI is InChI=1S/C23H23FN2OS/c1-28-21-9-5-16(6-10-21)23(27)18-3-2-12-26(14-18)15-20-8-4-17-13-19(24)7-11-22(17)25-20/h4-11,13,18H,2-3,12,14-15H2,1H3. The number of piperidine rings is 1. The molecule has 0 N–H and O–H groups in total. The average Bonchev–Trinajstić information content (AvgIpc) is 2.73. The third kappa shape index (κ3) is 4.26. The van der Waals surface area contributed by atoms with Crippen LogP contribution in [-0.4, -0.2) is 35.0 Å². The van der Waals surface area contributed by atoms with E-state index < -0.39 is 0 Å². The van der Waals surface area contributed by atoms with Crippen LogP contribution in [0.25, 0.3) is 10.9 Å². The molecule has 2 aromatic carbocycles. The Labute approximate surface area is 169 Å². The second-order valence-electron chi connectivity index (χ2n) is 7.31. The van der Waals surface area contributed by atoms with Crippen LogP contribution in [0.3, 0.4) is 0 Å². The maximum Gasteiger partial charge on any atom is 0.167 e. The number of aromatic nitrogens is 1. The number of nitrogens with zero attached hydrogens (tertiary/aromatic N) is 2. The molecule has 0 spiro atoms. The largest absolute Gasteiger partial charge is 0.297 e. The molecule has 1 fully saturated rings. The SMILES string of the molecule is CSc1ccc(C(=O)C2CCCN(Cc3ccc4cc(F)ccc4n3)C2)cc1. The molecule has 1 aromatic heterocycles. The van der Waals surface area contributed by atoms with Crippen molar-refractivity contribution in [2.24, 2.45) is 5.92 Å². The van der Waals surface area contributed by atoms with Gasteiger partial charge >= 0.3 is 0 Å². The molecule has 3 nitrogen and oxygen atoms in total. The van der Waals surface area contributed by atoms with Gasteiger partial charge in [0.05, 0.1) is 11.2 Å². The summed E-state index contributed by atoms with van der Waals surface area (Å²) in [6, 6.07) is 16.4. The van der Waals surface area contributed by atoms with E-state index in [1.165, 1.54) is 17.0 Å². The number of pyridine rings is 1. The van der Waals surface area contributed by atoms with Gasteiger partial charge in [-0.2, -0.15) is 0 Å². The van der Waals surface area contributed by atoms with Crippen molar-refractivity contribution in [3.8, 4) is 0 Å². The predicted molar refractivity (Wildman–Crippen MR) is 112 cm³/mol. The molecule has 0 saturated carbocycles. The molecule has 4 rings (SSSR count). The van der Waals surface area contributed by atoms with Crippen molar-refractivity contribution in [3.05, 3.63) is 71.7 Å². The third-order valence-electron chi connectivity index (χ3n) is 5.35. The van der Waals surface area contributed by atoms with Gasteiger partial charge in [-0.3, -0.25) is 14.7 Å². The minimum atomic E-state index is -0.245. The zero-order valence-corrected chi connectivity index (χ0v) is 16.7. The Kier molecular flexibility index (Phi) is 5.74. The first-order valence-electron chi connectivity index (χ1n) is 9.58. The van der Waals surface area contributed by atoms with Gasteiger partial charge in [0, 0.05) is 34.9 Å². The lowest BCUT2D eigenvalue weighted by molar-refractivity contribution is 0.0810. The van der Waals surface area contributed by atoms with E-state index in [1.807, 2.05) is 42.7 Å². The number of Topliss-reactive ketones (excluding diaryl/α,β-unsaturated/α-hetero) is 1. The van der Waals surface area contributed by atoms with Crippen molar-refractivity contribution < 1.29 is 9.18 Å². The Morgan fingerprint density at radius 2 is 2.00 bits per heavy atom. The number of likely N-dealkylation sites (tertiary alicyclic amines) is 1. The Hall–Kier alpha value is -2.24. The van der Waals surface area contributed by atoms with Gasteiger partial charge in [0.2, 0.25) is 0 Å². The molecule has 3 aromatic rings. The Bertz CT molecular complexity index is 990. The Balaban J connectivity index is 1.44. The molecular weight excluding hydrogens is 371 g/mol. The number of ketones is 1. The fourth-order valence-electron chi connectivity index (χ4n) is 3.86. The molecule has 1 atom stereocenters. The van der Waals surface area contributed by atoms with Crippen LogP contribution >= 0.6 is 11.8 Å². The van der Waals surface area contributed by atoms with Crippen molar-refractivity contribution in [2.45, 2.75) is 24.3 Å². The zero-order chi connectivity index (χ0) is 19.5. The fourth-order valence-corrected chi connectivity index (χ4v) is 4.27. The highest BCUT2D eigenvalue weighted by molar-refractivity contribution is 7.98.